The lowest BCUT2D eigenvalue weighted by Gasteiger charge is -2.30. The van der Waals surface area contributed by atoms with Crippen molar-refractivity contribution in [2.45, 2.75) is 64.2 Å². The van der Waals surface area contributed by atoms with E-state index in [4.69, 9.17) is 4.99 Å². The van der Waals surface area contributed by atoms with Gasteiger partial charge in [-0.1, -0.05) is 25.5 Å². The van der Waals surface area contributed by atoms with E-state index in [1.165, 1.54) is 22.0 Å². The lowest BCUT2D eigenvalue weighted by Crippen LogP contribution is -2.46. The van der Waals surface area contributed by atoms with E-state index in [0.29, 0.717) is 11.3 Å². The summed E-state index contributed by atoms with van der Waals surface area (Å²) in [4.78, 5) is 8.18. The molecule has 3 unspecified atom stereocenters. The topological polar surface area (TPSA) is 69.3 Å². The smallest absolute Gasteiger partial charge is 0.191 e. The van der Waals surface area contributed by atoms with Crippen LogP contribution in [0.2, 0.25) is 0 Å². The molecule has 28 heavy (non-hydrogen) atoms. The van der Waals surface area contributed by atoms with Crippen LogP contribution in [0.4, 0.5) is 0 Å². The van der Waals surface area contributed by atoms with Gasteiger partial charge in [0.2, 0.25) is 0 Å². The minimum Gasteiger partial charge on any atom is -0.361 e. The van der Waals surface area contributed by atoms with E-state index in [1.807, 2.05) is 6.92 Å². The molecule has 5 nitrogen and oxygen atoms in total. The summed E-state index contributed by atoms with van der Waals surface area (Å²) in [6, 6.07) is 6.74. The fraction of sp³-hybridized carbons (Fsp3) is 0.591. The molecule has 0 spiro atoms. The Kier molecular flexibility index (Phi) is 7.54. The average molecular weight is 403 g/mol. The number of hydrogen-bond acceptors (Lipinski definition) is 2. The Bertz CT molecular complexity index is 829. The van der Waals surface area contributed by atoms with Crippen LogP contribution in [0.15, 0.2) is 29.4 Å². The standard InChI is InChI=1S/C22H34N4OS/c1-4-23-22(26-18-9-7-10-19(14-18)28(27)5-2)24-13-12-17-15-25-20-11-6-8-16(3)21(17)20/h6,8,11,15,18-19,25H,4-5,7,9-10,12-14H2,1-3H3,(H2,23,24,26). The number of fused-ring (bicyclic) bond motifs is 1. The van der Waals surface area contributed by atoms with Crippen molar-refractivity contribution in [3.63, 3.8) is 0 Å². The highest BCUT2D eigenvalue weighted by atomic mass is 32.2. The number of nitrogens with one attached hydrogen (secondary N) is 3. The van der Waals surface area contributed by atoms with Crippen molar-refractivity contribution in [2.75, 3.05) is 18.8 Å². The summed E-state index contributed by atoms with van der Waals surface area (Å²) in [5, 5.41) is 8.62. The van der Waals surface area contributed by atoms with E-state index in [0.717, 1.165) is 56.9 Å². The average Bonchev–Trinajstić information content (AvgIpc) is 3.12. The van der Waals surface area contributed by atoms with Gasteiger partial charge in [-0.05, 0) is 56.7 Å². The van der Waals surface area contributed by atoms with Crippen molar-refractivity contribution in [2.24, 2.45) is 4.99 Å². The Balaban J connectivity index is 1.61. The summed E-state index contributed by atoms with van der Waals surface area (Å²) in [6.45, 7) is 7.86. The number of aromatic amines is 1. The fourth-order valence-electron chi connectivity index (χ4n) is 4.20. The first-order valence-electron chi connectivity index (χ1n) is 10.6. The van der Waals surface area contributed by atoms with Gasteiger partial charge in [-0.3, -0.25) is 9.20 Å². The molecule has 1 aliphatic carbocycles. The second-order valence-electron chi connectivity index (χ2n) is 7.62. The van der Waals surface area contributed by atoms with Crippen LogP contribution in [0.1, 0.15) is 50.7 Å². The van der Waals surface area contributed by atoms with Crippen molar-refractivity contribution < 1.29 is 4.21 Å². The van der Waals surface area contributed by atoms with Gasteiger partial charge >= 0.3 is 0 Å². The number of H-pyrrole nitrogens is 1. The number of hydrogen-bond donors (Lipinski definition) is 3. The van der Waals surface area contributed by atoms with E-state index < -0.39 is 10.8 Å². The van der Waals surface area contributed by atoms with Crippen LogP contribution in [-0.2, 0) is 17.2 Å². The Hall–Kier alpha value is -1.82. The van der Waals surface area contributed by atoms with Gasteiger partial charge in [0, 0.05) is 58.0 Å². The minimum absolute atomic E-state index is 0.327. The molecule has 3 rings (SSSR count). The Morgan fingerprint density at radius 1 is 1.32 bits per heavy atom. The summed E-state index contributed by atoms with van der Waals surface area (Å²) < 4.78 is 12.2. The summed E-state index contributed by atoms with van der Waals surface area (Å²) in [6.07, 6.45) is 7.36. The van der Waals surface area contributed by atoms with Crippen molar-refractivity contribution in [3.05, 3.63) is 35.5 Å². The number of aryl methyl sites for hydroxylation is 1. The normalized spacial score (nSPS) is 21.6. The summed E-state index contributed by atoms with van der Waals surface area (Å²) in [5.41, 5.74) is 3.82. The van der Waals surface area contributed by atoms with Gasteiger partial charge in [-0.25, -0.2) is 0 Å². The highest BCUT2D eigenvalue weighted by molar-refractivity contribution is 7.85. The van der Waals surface area contributed by atoms with Crippen molar-refractivity contribution in [3.8, 4) is 0 Å². The third-order valence-corrected chi connectivity index (χ3v) is 7.36. The molecule has 1 aromatic heterocycles. The molecule has 6 heteroatoms. The molecule has 0 aliphatic heterocycles. The van der Waals surface area contributed by atoms with Crippen LogP contribution in [-0.4, -0.2) is 45.3 Å². The number of guanidine groups is 1. The van der Waals surface area contributed by atoms with Crippen LogP contribution in [0.3, 0.4) is 0 Å². The Labute approximate surface area is 171 Å². The molecular weight excluding hydrogens is 368 g/mol. The molecule has 1 heterocycles. The molecule has 1 aliphatic rings. The number of aromatic nitrogens is 1. The molecule has 1 fully saturated rings. The second-order valence-corrected chi connectivity index (χ2v) is 9.63. The molecule has 3 atom stereocenters. The Morgan fingerprint density at radius 2 is 2.18 bits per heavy atom. The maximum absolute atomic E-state index is 12.2. The number of rotatable bonds is 7. The first-order valence-corrected chi connectivity index (χ1v) is 12.0. The monoisotopic (exact) mass is 402 g/mol. The van der Waals surface area contributed by atoms with Crippen LogP contribution >= 0.6 is 0 Å². The SMILES string of the molecule is CCNC(=NCCc1c[nH]c2cccc(C)c12)NC1CCCC(S(=O)CC)C1. The molecule has 3 N–H and O–H groups in total. The summed E-state index contributed by atoms with van der Waals surface area (Å²) in [5.74, 6) is 1.64. The number of nitrogens with zero attached hydrogens (tertiary/aromatic N) is 1. The molecule has 0 amide bonds. The largest absolute Gasteiger partial charge is 0.361 e. The molecular formula is C22H34N4OS. The van der Waals surface area contributed by atoms with E-state index in [9.17, 15) is 4.21 Å². The molecule has 154 valence electrons. The zero-order valence-corrected chi connectivity index (χ0v) is 18.2. The quantitative estimate of drug-likeness (QED) is 0.489. The van der Waals surface area contributed by atoms with E-state index in [2.05, 4.69) is 53.9 Å². The molecule has 0 bridgehead atoms. The predicted octanol–water partition coefficient (Wildman–Crippen LogP) is 3.65. The highest BCUT2D eigenvalue weighted by Crippen LogP contribution is 2.24. The van der Waals surface area contributed by atoms with Crippen molar-refractivity contribution in [1.29, 1.82) is 0 Å². The van der Waals surface area contributed by atoms with Gasteiger partial charge in [-0.15, -0.1) is 0 Å². The van der Waals surface area contributed by atoms with Gasteiger partial charge in [0.15, 0.2) is 5.96 Å². The number of aliphatic imine (C=N–C) groups is 1. The first-order chi connectivity index (χ1) is 13.6. The van der Waals surface area contributed by atoms with Crippen LogP contribution in [0, 0.1) is 6.92 Å². The summed E-state index contributed by atoms with van der Waals surface area (Å²) >= 11 is 0. The zero-order valence-electron chi connectivity index (χ0n) is 17.4. The molecule has 1 saturated carbocycles. The van der Waals surface area contributed by atoms with E-state index >= 15 is 0 Å². The molecule has 0 saturated heterocycles. The highest BCUT2D eigenvalue weighted by Gasteiger charge is 2.26. The van der Waals surface area contributed by atoms with Gasteiger partial charge < -0.3 is 15.6 Å². The zero-order chi connectivity index (χ0) is 19.9. The summed E-state index contributed by atoms with van der Waals surface area (Å²) in [7, 11) is -0.698. The second kappa shape index (κ2) is 10.1. The minimum atomic E-state index is -0.698. The fourth-order valence-corrected chi connectivity index (χ4v) is 5.55. The van der Waals surface area contributed by atoms with Crippen LogP contribution in [0.5, 0.6) is 0 Å². The van der Waals surface area contributed by atoms with Crippen LogP contribution in [0.25, 0.3) is 10.9 Å². The van der Waals surface area contributed by atoms with Gasteiger partial charge in [0.1, 0.15) is 0 Å². The van der Waals surface area contributed by atoms with Crippen LogP contribution < -0.4 is 10.6 Å². The Morgan fingerprint density at radius 3 is 2.96 bits per heavy atom. The number of benzene rings is 1. The maximum atomic E-state index is 12.2. The van der Waals surface area contributed by atoms with Crippen molar-refractivity contribution in [1.82, 2.24) is 15.6 Å². The van der Waals surface area contributed by atoms with Gasteiger partial charge in [-0.2, -0.15) is 0 Å². The first kappa shape index (κ1) is 20.9. The lowest BCUT2D eigenvalue weighted by molar-refractivity contribution is 0.413. The molecule has 2 aromatic rings. The molecule has 1 aromatic carbocycles. The third kappa shape index (κ3) is 5.16. The maximum Gasteiger partial charge on any atom is 0.191 e. The van der Waals surface area contributed by atoms with Gasteiger partial charge in [0.25, 0.3) is 0 Å². The predicted molar refractivity (Wildman–Crippen MR) is 121 cm³/mol. The lowest BCUT2D eigenvalue weighted by atomic mass is 9.95. The van der Waals surface area contributed by atoms with E-state index in [1.54, 1.807) is 0 Å². The molecule has 0 radical (unpaired) electrons. The van der Waals surface area contributed by atoms with Crippen molar-refractivity contribution >= 4 is 27.7 Å². The van der Waals surface area contributed by atoms with Gasteiger partial charge in [0.05, 0.1) is 0 Å². The van der Waals surface area contributed by atoms with E-state index in [-0.39, 0.29) is 0 Å². The third-order valence-electron chi connectivity index (χ3n) is 5.61.